The molecule has 1 aliphatic heterocycles. The first-order valence-electron chi connectivity index (χ1n) is 12.1. The van der Waals surface area contributed by atoms with E-state index in [1.165, 1.54) is 11.1 Å². The molecule has 1 aliphatic rings. The molecule has 0 unspecified atom stereocenters. The average molecular weight is 448 g/mol. The molecule has 0 bridgehead atoms. The second-order valence-corrected chi connectivity index (χ2v) is 8.84. The van der Waals surface area contributed by atoms with E-state index >= 15 is 0 Å². The zero-order chi connectivity index (χ0) is 23.5. The fourth-order valence-corrected chi connectivity index (χ4v) is 4.92. The predicted octanol–water partition coefficient (Wildman–Crippen LogP) is 7.06. The molecule has 0 amide bonds. The van der Waals surface area contributed by atoms with Gasteiger partial charge in [0.15, 0.2) is 0 Å². The van der Waals surface area contributed by atoms with Crippen LogP contribution >= 0.6 is 0 Å². The van der Waals surface area contributed by atoms with E-state index in [1.807, 2.05) is 24.3 Å². The van der Waals surface area contributed by atoms with E-state index in [1.54, 1.807) is 0 Å². The van der Waals surface area contributed by atoms with Crippen LogP contribution < -0.4 is 4.74 Å². The number of allylic oxidation sites excluding steroid dienone is 1. The highest BCUT2D eigenvalue weighted by molar-refractivity contribution is 5.88. The monoisotopic (exact) mass is 447 g/mol. The molecule has 0 spiro atoms. The number of aryl methyl sites for hydroxylation is 1. The topological polar surface area (TPSA) is 50.8 Å². The van der Waals surface area contributed by atoms with Crippen LogP contribution in [0.5, 0.6) is 5.75 Å². The van der Waals surface area contributed by atoms with Crippen molar-refractivity contribution in [2.45, 2.75) is 52.7 Å². The second kappa shape index (κ2) is 9.57. The van der Waals surface area contributed by atoms with Crippen LogP contribution in [0.15, 0.2) is 72.3 Å². The number of ether oxygens (including phenoxy) is 1. The Morgan fingerprint density at radius 3 is 2.65 bits per heavy atom. The Kier molecular flexibility index (Phi) is 6.18. The third-order valence-corrected chi connectivity index (χ3v) is 6.46. The molecular formula is C30H29N3O. The molecule has 0 aliphatic carbocycles. The minimum Gasteiger partial charge on any atom is -0.488 e. The van der Waals surface area contributed by atoms with Crippen LogP contribution in [0, 0.1) is 11.3 Å². The molecule has 0 N–H and O–H groups in total. The first kappa shape index (κ1) is 22.0. The van der Waals surface area contributed by atoms with E-state index in [2.05, 4.69) is 66.9 Å². The number of aromatic nitrogens is 2. The molecule has 170 valence electrons. The zero-order valence-corrected chi connectivity index (χ0v) is 19.8. The summed E-state index contributed by atoms with van der Waals surface area (Å²) in [5, 5.41) is 10.0. The Morgan fingerprint density at radius 2 is 1.82 bits per heavy atom. The van der Waals surface area contributed by atoms with Crippen molar-refractivity contribution in [3.63, 3.8) is 0 Å². The van der Waals surface area contributed by atoms with Gasteiger partial charge in [0, 0.05) is 29.7 Å². The highest BCUT2D eigenvalue weighted by Gasteiger charge is 2.23. The Morgan fingerprint density at radius 1 is 1.00 bits per heavy atom. The van der Waals surface area contributed by atoms with Crippen molar-refractivity contribution in [3.8, 4) is 11.8 Å². The molecular weight excluding hydrogens is 418 g/mol. The predicted molar refractivity (Wildman–Crippen MR) is 137 cm³/mol. The summed E-state index contributed by atoms with van der Waals surface area (Å²) in [7, 11) is 0. The van der Waals surface area contributed by atoms with Gasteiger partial charge in [0.1, 0.15) is 18.2 Å². The lowest BCUT2D eigenvalue weighted by molar-refractivity contribution is 0.307. The highest BCUT2D eigenvalue weighted by atomic mass is 16.5. The third kappa shape index (κ3) is 3.99. The van der Waals surface area contributed by atoms with E-state index in [0.29, 0.717) is 6.61 Å². The Hall–Kier alpha value is -3.84. The van der Waals surface area contributed by atoms with Gasteiger partial charge in [-0.3, -0.25) is 0 Å². The van der Waals surface area contributed by atoms with Gasteiger partial charge in [0.05, 0.1) is 17.1 Å². The van der Waals surface area contributed by atoms with Gasteiger partial charge in [-0.15, -0.1) is 0 Å². The summed E-state index contributed by atoms with van der Waals surface area (Å²) in [4.78, 5) is 4.89. The second-order valence-electron chi connectivity index (χ2n) is 8.84. The van der Waals surface area contributed by atoms with Gasteiger partial charge in [-0.2, -0.15) is 5.26 Å². The quantitative estimate of drug-likeness (QED) is 0.297. The van der Waals surface area contributed by atoms with Crippen molar-refractivity contribution < 1.29 is 4.74 Å². The van der Waals surface area contributed by atoms with Crippen molar-refractivity contribution >= 4 is 16.6 Å². The molecule has 3 aromatic carbocycles. The van der Waals surface area contributed by atoms with E-state index in [-0.39, 0.29) is 0 Å². The fourth-order valence-electron chi connectivity index (χ4n) is 4.92. The van der Waals surface area contributed by atoms with Gasteiger partial charge in [-0.25, -0.2) is 4.98 Å². The SMILES string of the molecule is CCC/C(C#N)=C1\c2ccc(Cn3c(CCC)nc4ccccc43)cc2COc2ccccc21. The van der Waals surface area contributed by atoms with Crippen LogP contribution in [-0.2, 0) is 19.6 Å². The van der Waals surface area contributed by atoms with Crippen molar-refractivity contribution in [1.29, 1.82) is 5.26 Å². The van der Waals surface area contributed by atoms with Gasteiger partial charge in [0.2, 0.25) is 0 Å². The summed E-state index contributed by atoms with van der Waals surface area (Å²) in [6, 6.07) is 25.5. The van der Waals surface area contributed by atoms with Gasteiger partial charge >= 0.3 is 0 Å². The number of fused-ring (bicyclic) bond motifs is 3. The van der Waals surface area contributed by atoms with E-state index in [0.717, 1.165) is 77.2 Å². The van der Waals surface area contributed by atoms with E-state index in [9.17, 15) is 5.26 Å². The molecule has 1 aromatic heterocycles. The summed E-state index contributed by atoms with van der Waals surface area (Å²) in [5.74, 6) is 1.96. The molecule has 4 aromatic rings. The number of rotatable bonds is 6. The number of para-hydroxylation sites is 3. The average Bonchev–Trinajstić information content (AvgIpc) is 3.11. The minimum absolute atomic E-state index is 0.487. The zero-order valence-electron chi connectivity index (χ0n) is 19.8. The molecule has 0 atom stereocenters. The molecule has 5 rings (SSSR count). The smallest absolute Gasteiger partial charge is 0.127 e. The summed E-state index contributed by atoms with van der Waals surface area (Å²) in [6.45, 7) is 5.55. The normalized spacial score (nSPS) is 14.0. The third-order valence-electron chi connectivity index (χ3n) is 6.46. The standard InChI is InChI=1S/C30H29N3O/c1-3-9-22(18-31)30-24-16-15-21(17-23(24)20-34-28-14-8-5-11-25(28)30)19-33-27-13-7-6-12-26(27)32-29(33)10-4-2/h5-8,11-17H,3-4,9-10,19-20H2,1-2H3/b30-22-. The molecule has 4 heteroatoms. The maximum atomic E-state index is 10.0. The van der Waals surface area contributed by atoms with E-state index < -0.39 is 0 Å². The van der Waals surface area contributed by atoms with Gasteiger partial charge in [-0.1, -0.05) is 62.7 Å². The lowest BCUT2D eigenvalue weighted by Gasteiger charge is -2.15. The van der Waals surface area contributed by atoms with Crippen molar-refractivity contribution in [1.82, 2.24) is 9.55 Å². The van der Waals surface area contributed by atoms with Crippen molar-refractivity contribution in [2.24, 2.45) is 0 Å². The minimum atomic E-state index is 0.487. The molecule has 4 nitrogen and oxygen atoms in total. The number of nitrogens with zero attached hydrogens (tertiary/aromatic N) is 3. The first-order chi connectivity index (χ1) is 16.7. The van der Waals surface area contributed by atoms with Gasteiger partial charge in [0.25, 0.3) is 0 Å². The molecule has 0 fully saturated rings. The summed E-state index contributed by atoms with van der Waals surface area (Å²) in [5.41, 5.74) is 8.48. The summed E-state index contributed by atoms with van der Waals surface area (Å²) >= 11 is 0. The van der Waals surface area contributed by atoms with Crippen LogP contribution in [0.3, 0.4) is 0 Å². The van der Waals surface area contributed by atoms with Gasteiger partial charge < -0.3 is 9.30 Å². The van der Waals surface area contributed by atoms with E-state index in [4.69, 9.17) is 9.72 Å². The maximum Gasteiger partial charge on any atom is 0.127 e. The molecule has 2 heterocycles. The maximum absolute atomic E-state index is 10.0. The Labute approximate surface area is 201 Å². The lowest BCUT2D eigenvalue weighted by Crippen LogP contribution is -2.07. The highest BCUT2D eigenvalue weighted by Crippen LogP contribution is 2.39. The number of hydrogen-bond donors (Lipinski definition) is 0. The molecule has 0 saturated heterocycles. The number of imidazole rings is 1. The lowest BCUT2D eigenvalue weighted by atomic mass is 9.88. The number of benzene rings is 3. The van der Waals surface area contributed by atoms with Crippen LogP contribution in [-0.4, -0.2) is 9.55 Å². The van der Waals surface area contributed by atoms with Crippen molar-refractivity contribution in [3.05, 3.63) is 100 Å². The fraction of sp³-hybridized carbons (Fsp3) is 0.267. The Bertz CT molecular complexity index is 1420. The van der Waals surface area contributed by atoms with Crippen LogP contribution in [0.25, 0.3) is 16.6 Å². The van der Waals surface area contributed by atoms with Crippen molar-refractivity contribution in [2.75, 3.05) is 0 Å². The van der Waals surface area contributed by atoms with Gasteiger partial charge in [-0.05, 0) is 53.8 Å². The first-order valence-corrected chi connectivity index (χ1v) is 12.1. The Balaban J connectivity index is 1.61. The largest absolute Gasteiger partial charge is 0.488 e. The molecule has 0 radical (unpaired) electrons. The van der Waals surface area contributed by atoms with Crippen LogP contribution in [0.4, 0.5) is 0 Å². The summed E-state index contributed by atoms with van der Waals surface area (Å²) in [6.07, 6.45) is 3.69. The number of nitriles is 1. The van der Waals surface area contributed by atoms with Crippen LogP contribution in [0.1, 0.15) is 61.2 Å². The number of hydrogen-bond acceptors (Lipinski definition) is 3. The summed E-state index contributed by atoms with van der Waals surface area (Å²) < 4.78 is 8.57. The molecule has 34 heavy (non-hydrogen) atoms. The molecule has 0 saturated carbocycles. The van der Waals surface area contributed by atoms with Crippen LogP contribution in [0.2, 0.25) is 0 Å².